The summed E-state index contributed by atoms with van der Waals surface area (Å²) in [5, 5.41) is 5.23. The first kappa shape index (κ1) is 17.7. The molecule has 0 heterocycles. The lowest BCUT2D eigenvalue weighted by Gasteiger charge is -2.23. The number of benzene rings is 2. The number of hydrogen-bond acceptors (Lipinski definition) is 2. The van der Waals surface area contributed by atoms with Crippen LogP contribution in [0, 0.1) is 25.1 Å². The van der Waals surface area contributed by atoms with Crippen molar-refractivity contribution in [2.75, 3.05) is 10.6 Å². The van der Waals surface area contributed by atoms with E-state index in [0.717, 1.165) is 11.1 Å². The Bertz CT molecular complexity index is 785. The summed E-state index contributed by atoms with van der Waals surface area (Å²) in [5.74, 6) is -1.57. The highest BCUT2D eigenvalue weighted by atomic mass is 19.1. The fourth-order valence-electron chi connectivity index (χ4n) is 2.18. The van der Waals surface area contributed by atoms with Crippen LogP contribution in [0.1, 0.15) is 25.0 Å². The van der Waals surface area contributed by atoms with E-state index in [-0.39, 0.29) is 5.69 Å². The van der Waals surface area contributed by atoms with Crippen molar-refractivity contribution in [1.29, 1.82) is 0 Å². The summed E-state index contributed by atoms with van der Waals surface area (Å²) >= 11 is 0. The molecule has 0 aliphatic carbocycles. The maximum Gasteiger partial charge on any atom is 0.239 e. The Balaban J connectivity index is 2.14. The smallest absolute Gasteiger partial charge is 0.239 e. The van der Waals surface area contributed by atoms with Gasteiger partial charge in [0.25, 0.3) is 0 Å². The highest BCUT2D eigenvalue weighted by Gasteiger charge is 2.36. The Kier molecular flexibility index (Phi) is 5.02. The first-order valence-corrected chi connectivity index (χ1v) is 7.66. The molecule has 0 saturated carbocycles. The van der Waals surface area contributed by atoms with Gasteiger partial charge in [-0.05, 0) is 51.5 Å². The standard InChI is InChI=1S/C19H21FN2O2/c1-12-9-10-15(13(2)11-12)21-17(23)19(3,4)18(24)22-16-8-6-5-7-14(16)20/h5-11H,1-4H3,(H,21,23)(H,22,24). The first-order chi connectivity index (χ1) is 11.2. The summed E-state index contributed by atoms with van der Waals surface area (Å²) in [4.78, 5) is 24.9. The molecule has 0 fully saturated rings. The minimum atomic E-state index is -1.36. The lowest BCUT2D eigenvalue weighted by molar-refractivity contribution is -0.135. The Morgan fingerprint density at radius 2 is 1.50 bits per heavy atom. The Morgan fingerprint density at radius 3 is 2.08 bits per heavy atom. The minimum Gasteiger partial charge on any atom is -0.325 e. The fraction of sp³-hybridized carbons (Fsp3) is 0.263. The number of carbonyl (C=O) groups excluding carboxylic acids is 2. The Morgan fingerprint density at radius 1 is 0.917 bits per heavy atom. The molecular weight excluding hydrogens is 307 g/mol. The average molecular weight is 328 g/mol. The van der Waals surface area contributed by atoms with Gasteiger partial charge in [-0.3, -0.25) is 9.59 Å². The fourth-order valence-corrected chi connectivity index (χ4v) is 2.18. The van der Waals surface area contributed by atoms with Crippen LogP contribution >= 0.6 is 0 Å². The van der Waals surface area contributed by atoms with Crippen molar-refractivity contribution < 1.29 is 14.0 Å². The molecule has 2 aromatic rings. The molecule has 0 spiro atoms. The van der Waals surface area contributed by atoms with Crippen LogP contribution in [-0.4, -0.2) is 11.8 Å². The van der Waals surface area contributed by atoms with Crippen molar-refractivity contribution >= 4 is 23.2 Å². The van der Waals surface area contributed by atoms with Crippen LogP contribution in [0.4, 0.5) is 15.8 Å². The molecule has 0 aliphatic heterocycles. The minimum absolute atomic E-state index is 0.0508. The van der Waals surface area contributed by atoms with Gasteiger partial charge in [0.1, 0.15) is 11.2 Å². The lowest BCUT2D eigenvalue weighted by atomic mass is 9.90. The van der Waals surface area contributed by atoms with E-state index in [1.165, 1.54) is 32.0 Å². The monoisotopic (exact) mass is 328 g/mol. The van der Waals surface area contributed by atoms with E-state index in [2.05, 4.69) is 10.6 Å². The van der Waals surface area contributed by atoms with Gasteiger partial charge in [0.05, 0.1) is 5.69 Å². The zero-order valence-electron chi connectivity index (χ0n) is 14.2. The molecule has 0 saturated heterocycles. The SMILES string of the molecule is Cc1ccc(NC(=O)C(C)(C)C(=O)Nc2ccccc2F)c(C)c1. The molecule has 0 aliphatic rings. The number of anilines is 2. The molecule has 2 amide bonds. The maximum absolute atomic E-state index is 13.7. The van der Waals surface area contributed by atoms with Crippen LogP contribution in [0.25, 0.3) is 0 Å². The van der Waals surface area contributed by atoms with Crippen LogP contribution in [0.15, 0.2) is 42.5 Å². The zero-order valence-corrected chi connectivity index (χ0v) is 14.2. The van der Waals surface area contributed by atoms with E-state index in [4.69, 9.17) is 0 Å². The number of halogens is 1. The van der Waals surface area contributed by atoms with Crippen molar-refractivity contribution in [3.8, 4) is 0 Å². The van der Waals surface area contributed by atoms with Crippen LogP contribution in [-0.2, 0) is 9.59 Å². The van der Waals surface area contributed by atoms with Crippen LogP contribution < -0.4 is 10.6 Å². The first-order valence-electron chi connectivity index (χ1n) is 7.66. The Hall–Kier alpha value is -2.69. The van der Waals surface area contributed by atoms with E-state index in [0.29, 0.717) is 5.69 Å². The molecule has 126 valence electrons. The second kappa shape index (κ2) is 6.83. The van der Waals surface area contributed by atoms with Crippen LogP contribution in [0.5, 0.6) is 0 Å². The number of amides is 2. The normalized spacial score (nSPS) is 11.0. The second-order valence-electron chi connectivity index (χ2n) is 6.33. The zero-order chi connectivity index (χ0) is 17.9. The van der Waals surface area contributed by atoms with Gasteiger partial charge in [-0.15, -0.1) is 0 Å². The van der Waals surface area contributed by atoms with Gasteiger partial charge in [-0.25, -0.2) is 4.39 Å². The second-order valence-corrected chi connectivity index (χ2v) is 6.33. The van der Waals surface area contributed by atoms with E-state index in [1.54, 1.807) is 12.1 Å². The van der Waals surface area contributed by atoms with E-state index in [1.807, 2.05) is 26.0 Å². The molecule has 0 unspecified atom stereocenters. The molecule has 5 heteroatoms. The van der Waals surface area contributed by atoms with Gasteiger partial charge in [-0.2, -0.15) is 0 Å². The third-order valence-corrected chi connectivity index (χ3v) is 3.89. The molecule has 24 heavy (non-hydrogen) atoms. The van der Waals surface area contributed by atoms with Crippen molar-refractivity contribution in [3.63, 3.8) is 0 Å². The molecular formula is C19H21FN2O2. The van der Waals surface area contributed by atoms with Crippen molar-refractivity contribution in [1.82, 2.24) is 0 Å². The molecule has 0 radical (unpaired) electrons. The summed E-state index contributed by atoms with van der Waals surface area (Å²) in [7, 11) is 0. The van der Waals surface area contributed by atoms with Crippen LogP contribution in [0.3, 0.4) is 0 Å². The molecule has 2 rings (SSSR count). The average Bonchev–Trinajstić information content (AvgIpc) is 2.52. The predicted molar refractivity (Wildman–Crippen MR) is 93.4 cm³/mol. The van der Waals surface area contributed by atoms with E-state index in [9.17, 15) is 14.0 Å². The molecule has 2 N–H and O–H groups in total. The Labute approximate surface area is 141 Å². The number of nitrogens with one attached hydrogen (secondary N) is 2. The van der Waals surface area contributed by atoms with E-state index >= 15 is 0 Å². The van der Waals surface area contributed by atoms with Gasteiger partial charge in [0.2, 0.25) is 11.8 Å². The molecule has 2 aromatic carbocycles. The number of aryl methyl sites for hydroxylation is 2. The van der Waals surface area contributed by atoms with E-state index < -0.39 is 23.0 Å². The third kappa shape index (κ3) is 3.79. The summed E-state index contributed by atoms with van der Waals surface area (Å²) in [5.41, 5.74) is 1.34. The largest absolute Gasteiger partial charge is 0.325 e. The predicted octanol–water partition coefficient (Wildman–Crippen LogP) is 4.05. The molecule has 0 aromatic heterocycles. The van der Waals surface area contributed by atoms with Gasteiger partial charge in [0.15, 0.2) is 0 Å². The number of carbonyl (C=O) groups is 2. The van der Waals surface area contributed by atoms with Crippen molar-refractivity contribution in [2.45, 2.75) is 27.7 Å². The van der Waals surface area contributed by atoms with Gasteiger partial charge in [0, 0.05) is 5.69 Å². The quantitative estimate of drug-likeness (QED) is 0.832. The molecule has 0 bridgehead atoms. The van der Waals surface area contributed by atoms with Crippen LogP contribution in [0.2, 0.25) is 0 Å². The van der Waals surface area contributed by atoms with Crippen molar-refractivity contribution in [2.24, 2.45) is 5.41 Å². The number of para-hydroxylation sites is 1. The topological polar surface area (TPSA) is 58.2 Å². The lowest BCUT2D eigenvalue weighted by Crippen LogP contribution is -2.41. The summed E-state index contributed by atoms with van der Waals surface area (Å²) < 4.78 is 13.7. The summed E-state index contributed by atoms with van der Waals surface area (Å²) in [6, 6.07) is 11.5. The van der Waals surface area contributed by atoms with Gasteiger partial charge >= 0.3 is 0 Å². The van der Waals surface area contributed by atoms with Crippen molar-refractivity contribution in [3.05, 3.63) is 59.4 Å². The van der Waals surface area contributed by atoms with Gasteiger partial charge in [-0.1, -0.05) is 29.8 Å². The highest BCUT2D eigenvalue weighted by Crippen LogP contribution is 2.24. The third-order valence-electron chi connectivity index (χ3n) is 3.89. The van der Waals surface area contributed by atoms with Gasteiger partial charge < -0.3 is 10.6 Å². The number of rotatable bonds is 4. The number of hydrogen-bond donors (Lipinski definition) is 2. The molecule has 4 nitrogen and oxygen atoms in total. The highest BCUT2D eigenvalue weighted by molar-refractivity contribution is 6.14. The summed E-state index contributed by atoms with van der Waals surface area (Å²) in [6.45, 7) is 6.85. The molecule has 0 atom stereocenters. The maximum atomic E-state index is 13.7. The summed E-state index contributed by atoms with van der Waals surface area (Å²) in [6.07, 6.45) is 0.